The van der Waals surface area contributed by atoms with Gasteiger partial charge in [-0.1, -0.05) is 42.5 Å². The minimum absolute atomic E-state index is 0.328. The monoisotopic (exact) mass is 329 g/mol. The van der Waals surface area contributed by atoms with Gasteiger partial charge in [0, 0.05) is 6.42 Å². The smallest absolute Gasteiger partial charge is 0.328 e. The van der Waals surface area contributed by atoms with E-state index in [1.165, 1.54) is 19.2 Å². The molecule has 0 spiro atoms. The molecule has 2 aromatic rings. The number of hydrogen-bond donors (Lipinski definition) is 1. The van der Waals surface area contributed by atoms with Gasteiger partial charge in [-0.2, -0.15) is 0 Å². The summed E-state index contributed by atoms with van der Waals surface area (Å²) in [6, 6.07) is 14.4. The number of rotatable bonds is 6. The Morgan fingerprint density at radius 2 is 1.83 bits per heavy atom. The van der Waals surface area contributed by atoms with Gasteiger partial charge in [-0.3, -0.25) is 4.79 Å². The van der Waals surface area contributed by atoms with Gasteiger partial charge in [-0.15, -0.1) is 0 Å². The first-order chi connectivity index (χ1) is 11.5. The third-order valence-electron chi connectivity index (χ3n) is 3.83. The zero-order valence-corrected chi connectivity index (χ0v) is 13.7. The fourth-order valence-corrected chi connectivity index (χ4v) is 2.41. The van der Waals surface area contributed by atoms with E-state index >= 15 is 0 Å². The lowest BCUT2D eigenvalue weighted by Gasteiger charge is -2.19. The summed E-state index contributed by atoms with van der Waals surface area (Å²) in [5.41, 5.74) is 1.46. The molecule has 126 valence electrons. The number of ether oxygens (including phenoxy) is 1. The number of hydrogen-bond acceptors (Lipinski definition) is 3. The number of amides is 1. The Labute approximate surface area is 140 Å². The lowest BCUT2D eigenvalue weighted by atomic mass is 9.99. The van der Waals surface area contributed by atoms with E-state index in [1.54, 1.807) is 19.1 Å². The molecule has 0 aliphatic carbocycles. The molecule has 0 radical (unpaired) electrons. The molecular formula is C19H20FNO3. The van der Waals surface area contributed by atoms with Gasteiger partial charge in [-0.25, -0.2) is 9.18 Å². The Bertz CT molecular complexity index is 703. The Morgan fingerprint density at radius 3 is 2.46 bits per heavy atom. The van der Waals surface area contributed by atoms with Crippen LogP contribution in [0.1, 0.15) is 24.0 Å². The van der Waals surface area contributed by atoms with Crippen LogP contribution in [0, 0.1) is 5.82 Å². The molecule has 1 amide bonds. The summed E-state index contributed by atoms with van der Waals surface area (Å²) in [6.07, 6.45) is 0.328. The fraction of sp³-hybridized carbons (Fsp3) is 0.263. The summed E-state index contributed by atoms with van der Waals surface area (Å²) in [5, 5.41) is 2.70. The number of esters is 1. The maximum Gasteiger partial charge on any atom is 0.328 e. The predicted octanol–water partition coefficient (Wildman–Crippen LogP) is 2.83. The molecule has 0 aliphatic rings. The molecule has 24 heavy (non-hydrogen) atoms. The van der Waals surface area contributed by atoms with E-state index in [0.29, 0.717) is 12.0 Å². The van der Waals surface area contributed by atoms with Crippen molar-refractivity contribution in [3.8, 4) is 0 Å². The van der Waals surface area contributed by atoms with Gasteiger partial charge in [0.05, 0.1) is 13.0 Å². The first kappa shape index (κ1) is 17.7. The molecule has 0 aliphatic heterocycles. The first-order valence-electron chi connectivity index (χ1n) is 7.69. The molecule has 0 saturated heterocycles. The van der Waals surface area contributed by atoms with Crippen molar-refractivity contribution < 1.29 is 18.7 Å². The van der Waals surface area contributed by atoms with Crippen molar-refractivity contribution in [1.82, 2.24) is 5.32 Å². The van der Waals surface area contributed by atoms with Gasteiger partial charge < -0.3 is 10.1 Å². The zero-order chi connectivity index (χ0) is 17.5. The Kier molecular flexibility index (Phi) is 6.07. The molecule has 5 heteroatoms. The van der Waals surface area contributed by atoms with Crippen LogP contribution in [-0.4, -0.2) is 25.0 Å². The average Bonchev–Trinajstić information content (AvgIpc) is 2.60. The van der Waals surface area contributed by atoms with Crippen LogP contribution in [0.15, 0.2) is 54.6 Å². The highest BCUT2D eigenvalue weighted by Crippen LogP contribution is 2.17. The average molecular weight is 329 g/mol. The van der Waals surface area contributed by atoms with Crippen molar-refractivity contribution >= 4 is 11.9 Å². The molecule has 0 aromatic heterocycles. The number of nitrogens with one attached hydrogen (secondary N) is 1. The topological polar surface area (TPSA) is 55.4 Å². The molecule has 4 nitrogen and oxygen atoms in total. The van der Waals surface area contributed by atoms with Crippen molar-refractivity contribution in [3.63, 3.8) is 0 Å². The summed E-state index contributed by atoms with van der Waals surface area (Å²) in [4.78, 5) is 24.4. The van der Waals surface area contributed by atoms with Crippen molar-refractivity contribution in [2.24, 2.45) is 0 Å². The van der Waals surface area contributed by atoms with E-state index in [1.807, 2.05) is 30.3 Å². The lowest BCUT2D eigenvalue weighted by molar-refractivity contribution is -0.145. The number of methoxy groups -OCH3 is 1. The van der Waals surface area contributed by atoms with E-state index < -0.39 is 23.7 Å². The maximum atomic E-state index is 13.3. The molecule has 2 atom stereocenters. The normalized spacial score (nSPS) is 13.0. The second kappa shape index (κ2) is 8.24. The van der Waals surface area contributed by atoms with Crippen LogP contribution in [0.4, 0.5) is 4.39 Å². The highest BCUT2D eigenvalue weighted by molar-refractivity contribution is 5.88. The van der Waals surface area contributed by atoms with Crippen molar-refractivity contribution in [1.29, 1.82) is 0 Å². The van der Waals surface area contributed by atoms with Crippen LogP contribution in [0.25, 0.3) is 0 Å². The quantitative estimate of drug-likeness (QED) is 0.829. The molecule has 1 N–H and O–H groups in total. The van der Waals surface area contributed by atoms with Gasteiger partial charge >= 0.3 is 5.97 Å². The highest BCUT2D eigenvalue weighted by atomic mass is 19.1. The maximum absolute atomic E-state index is 13.3. The van der Waals surface area contributed by atoms with Gasteiger partial charge in [0.2, 0.25) is 5.91 Å². The number of carbonyl (C=O) groups excluding carboxylic acids is 2. The fourth-order valence-electron chi connectivity index (χ4n) is 2.41. The van der Waals surface area contributed by atoms with Crippen molar-refractivity contribution in [2.75, 3.05) is 7.11 Å². The van der Waals surface area contributed by atoms with Crippen LogP contribution < -0.4 is 5.32 Å². The number of halogens is 1. The SMILES string of the molecule is COC(=O)[C@H](Cc1ccccc1)NC(=O)C(C)c1cccc(F)c1. The van der Waals surface area contributed by atoms with Gasteiger partial charge in [0.1, 0.15) is 11.9 Å². The number of carbonyl (C=O) groups is 2. The third-order valence-corrected chi connectivity index (χ3v) is 3.83. The van der Waals surface area contributed by atoms with E-state index in [-0.39, 0.29) is 5.91 Å². The second-order valence-electron chi connectivity index (χ2n) is 5.55. The van der Waals surface area contributed by atoms with Crippen LogP contribution in [-0.2, 0) is 20.7 Å². The molecule has 0 bridgehead atoms. The summed E-state index contributed by atoms with van der Waals surface area (Å²) in [6.45, 7) is 1.67. The van der Waals surface area contributed by atoms with Crippen LogP contribution in [0.5, 0.6) is 0 Å². The highest BCUT2D eigenvalue weighted by Gasteiger charge is 2.25. The number of benzene rings is 2. The van der Waals surface area contributed by atoms with Crippen LogP contribution >= 0.6 is 0 Å². The molecule has 0 fully saturated rings. The molecule has 2 aromatic carbocycles. The van der Waals surface area contributed by atoms with Gasteiger partial charge in [0.15, 0.2) is 0 Å². The van der Waals surface area contributed by atoms with E-state index in [0.717, 1.165) is 5.56 Å². The lowest BCUT2D eigenvalue weighted by Crippen LogP contribution is -2.44. The minimum atomic E-state index is -0.791. The van der Waals surface area contributed by atoms with E-state index in [4.69, 9.17) is 4.74 Å². The summed E-state index contributed by atoms with van der Waals surface area (Å²) >= 11 is 0. The second-order valence-corrected chi connectivity index (χ2v) is 5.55. The Morgan fingerprint density at radius 1 is 1.12 bits per heavy atom. The van der Waals surface area contributed by atoms with Gasteiger partial charge in [-0.05, 0) is 30.2 Å². The summed E-state index contributed by atoms with van der Waals surface area (Å²) in [7, 11) is 1.28. The van der Waals surface area contributed by atoms with Crippen LogP contribution in [0.3, 0.4) is 0 Å². The molecule has 0 heterocycles. The Hall–Kier alpha value is -2.69. The van der Waals surface area contributed by atoms with Crippen LogP contribution in [0.2, 0.25) is 0 Å². The standard InChI is InChI=1S/C19H20FNO3/c1-13(15-9-6-10-16(20)12-15)18(22)21-17(19(23)24-2)11-14-7-4-3-5-8-14/h3-10,12-13,17H,11H2,1-2H3,(H,21,22)/t13?,17-/m0/s1. The van der Waals surface area contributed by atoms with E-state index in [9.17, 15) is 14.0 Å². The first-order valence-corrected chi connectivity index (χ1v) is 7.69. The molecular weight excluding hydrogens is 309 g/mol. The molecule has 2 rings (SSSR count). The summed E-state index contributed by atoms with van der Waals surface area (Å²) in [5.74, 6) is -1.85. The molecule has 1 unspecified atom stereocenters. The predicted molar refractivity (Wildman–Crippen MR) is 88.9 cm³/mol. The minimum Gasteiger partial charge on any atom is -0.467 e. The summed E-state index contributed by atoms with van der Waals surface area (Å²) < 4.78 is 18.1. The van der Waals surface area contributed by atoms with Gasteiger partial charge in [0.25, 0.3) is 0 Å². The largest absolute Gasteiger partial charge is 0.467 e. The third kappa shape index (κ3) is 4.65. The molecule has 0 saturated carbocycles. The van der Waals surface area contributed by atoms with E-state index in [2.05, 4.69) is 5.32 Å². The zero-order valence-electron chi connectivity index (χ0n) is 13.7. The van der Waals surface area contributed by atoms with Crippen molar-refractivity contribution in [2.45, 2.75) is 25.3 Å². The Balaban J connectivity index is 2.10. The van der Waals surface area contributed by atoms with Crippen molar-refractivity contribution in [3.05, 3.63) is 71.5 Å².